The van der Waals surface area contributed by atoms with Crippen LogP contribution < -0.4 is 15.4 Å². The molecule has 3 aromatic rings. The number of hydrogen-bond donors (Lipinski definition) is 2. The van der Waals surface area contributed by atoms with Crippen molar-refractivity contribution in [3.8, 4) is 5.75 Å². The van der Waals surface area contributed by atoms with Crippen LogP contribution >= 0.6 is 11.3 Å². The van der Waals surface area contributed by atoms with Crippen molar-refractivity contribution in [1.29, 1.82) is 0 Å². The Labute approximate surface area is 208 Å². The van der Waals surface area contributed by atoms with Gasteiger partial charge in [0.05, 0.1) is 24.8 Å². The normalized spacial score (nSPS) is 14.3. The van der Waals surface area contributed by atoms with Crippen LogP contribution in [0.15, 0.2) is 64.6 Å². The van der Waals surface area contributed by atoms with Crippen molar-refractivity contribution >= 4 is 29.1 Å². The molecule has 0 radical (unpaired) electrons. The Bertz CT molecular complexity index is 1110. The molecule has 0 unspecified atom stereocenters. The third-order valence-corrected chi connectivity index (χ3v) is 6.92. The second-order valence-electron chi connectivity index (χ2n) is 8.44. The zero-order chi connectivity index (χ0) is 24.6. The largest absolute Gasteiger partial charge is 0.497 e. The van der Waals surface area contributed by atoms with Gasteiger partial charge in [-0.05, 0) is 54.1 Å². The molecule has 1 saturated carbocycles. The maximum absolute atomic E-state index is 13.5. The average molecular weight is 496 g/mol. The maximum atomic E-state index is 13.5. The van der Waals surface area contributed by atoms with Crippen molar-refractivity contribution in [2.75, 3.05) is 13.7 Å². The van der Waals surface area contributed by atoms with Gasteiger partial charge in [-0.15, -0.1) is 11.3 Å². The van der Waals surface area contributed by atoms with E-state index in [0.717, 1.165) is 31.2 Å². The molecular weight excluding hydrogens is 466 g/mol. The van der Waals surface area contributed by atoms with Crippen LogP contribution in [0.2, 0.25) is 0 Å². The predicted octanol–water partition coefficient (Wildman–Crippen LogP) is 3.91. The van der Waals surface area contributed by atoms with Crippen molar-refractivity contribution in [1.82, 2.24) is 15.5 Å². The number of benzene rings is 1. The summed E-state index contributed by atoms with van der Waals surface area (Å²) >= 11 is 1.30. The Morgan fingerprint density at radius 3 is 2.51 bits per heavy atom. The van der Waals surface area contributed by atoms with Crippen LogP contribution in [0.25, 0.3) is 0 Å². The number of nitrogens with one attached hydrogen (secondary N) is 2. The Morgan fingerprint density at radius 1 is 1.11 bits per heavy atom. The summed E-state index contributed by atoms with van der Waals surface area (Å²) in [5.74, 6) is 0.0398. The summed E-state index contributed by atoms with van der Waals surface area (Å²) in [6, 6.07) is 13.3. The molecule has 1 aromatic carbocycles. The SMILES string of the molecule is COc1ccc(CN(C(=O)CNC(=O)c2cccs2)[C@@H](C(=O)NC2CCCC2)c2ccco2)cc1. The summed E-state index contributed by atoms with van der Waals surface area (Å²) in [7, 11) is 1.58. The van der Waals surface area contributed by atoms with Crippen LogP contribution in [0.5, 0.6) is 5.75 Å². The summed E-state index contributed by atoms with van der Waals surface area (Å²) < 4.78 is 10.8. The van der Waals surface area contributed by atoms with Gasteiger partial charge in [-0.25, -0.2) is 0 Å². The van der Waals surface area contributed by atoms with Gasteiger partial charge in [0.2, 0.25) is 5.91 Å². The van der Waals surface area contributed by atoms with Crippen molar-refractivity contribution in [2.45, 2.75) is 44.3 Å². The Balaban J connectivity index is 1.59. The summed E-state index contributed by atoms with van der Waals surface area (Å²) in [5.41, 5.74) is 0.814. The van der Waals surface area contributed by atoms with Gasteiger partial charge in [0.15, 0.2) is 6.04 Å². The van der Waals surface area contributed by atoms with Crippen LogP contribution in [0.1, 0.15) is 52.7 Å². The van der Waals surface area contributed by atoms with Gasteiger partial charge < -0.3 is 24.7 Å². The molecule has 3 amide bonds. The van der Waals surface area contributed by atoms with Gasteiger partial charge in [0.25, 0.3) is 11.8 Å². The van der Waals surface area contributed by atoms with E-state index in [-0.39, 0.29) is 30.9 Å². The molecule has 0 aliphatic heterocycles. The molecule has 2 aromatic heterocycles. The first kappa shape index (κ1) is 24.5. The number of rotatable bonds is 10. The number of hydrogen-bond acceptors (Lipinski definition) is 6. The minimum absolute atomic E-state index is 0.0800. The molecule has 0 spiro atoms. The van der Waals surface area contributed by atoms with E-state index >= 15 is 0 Å². The molecule has 1 atom stereocenters. The molecule has 184 valence electrons. The van der Waals surface area contributed by atoms with Gasteiger partial charge in [0.1, 0.15) is 11.5 Å². The number of furan rings is 1. The highest BCUT2D eigenvalue weighted by Gasteiger charge is 2.35. The lowest BCUT2D eigenvalue weighted by Crippen LogP contribution is -2.48. The summed E-state index contributed by atoms with van der Waals surface area (Å²) in [4.78, 5) is 41.4. The monoisotopic (exact) mass is 495 g/mol. The average Bonchev–Trinajstić information content (AvgIpc) is 3.66. The van der Waals surface area contributed by atoms with Crippen molar-refractivity contribution in [3.63, 3.8) is 0 Å². The van der Waals surface area contributed by atoms with E-state index in [1.807, 2.05) is 12.1 Å². The van der Waals surface area contributed by atoms with Crippen LogP contribution in [-0.4, -0.2) is 42.3 Å². The van der Waals surface area contributed by atoms with Crippen LogP contribution in [0.4, 0.5) is 0 Å². The minimum Gasteiger partial charge on any atom is -0.497 e. The molecule has 2 N–H and O–H groups in total. The number of carbonyl (C=O) groups excluding carboxylic acids is 3. The molecule has 1 aliphatic carbocycles. The fourth-order valence-corrected chi connectivity index (χ4v) is 4.86. The fraction of sp³-hybridized carbons (Fsp3) is 0.346. The lowest BCUT2D eigenvalue weighted by Gasteiger charge is -2.31. The number of methoxy groups -OCH3 is 1. The smallest absolute Gasteiger partial charge is 0.261 e. The summed E-state index contributed by atoms with van der Waals surface area (Å²) in [5, 5.41) is 7.57. The minimum atomic E-state index is -0.973. The lowest BCUT2D eigenvalue weighted by molar-refractivity contribution is -0.141. The Morgan fingerprint density at radius 2 is 1.89 bits per heavy atom. The molecule has 2 heterocycles. The van der Waals surface area contributed by atoms with Crippen molar-refractivity contribution < 1.29 is 23.5 Å². The molecule has 8 nitrogen and oxygen atoms in total. The molecule has 1 aliphatic rings. The standard InChI is InChI=1S/C26H29N3O5S/c1-33-20-12-10-18(11-13-20)17-29(23(30)16-27-25(31)22-9-5-15-35-22)24(21-8-4-14-34-21)26(32)28-19-6-2-3-7-19/h4-5,8-15,19,24H,2-3,6-7,16-17H2,1H3,(H,27,31)(H,28,32)/t24-/m1/s1. The van der Waals surface area contributed by atoms with Gasteiger partial charge >= 0.3 is 0 Å². The summed E-state index contributed by atoms with van der Waals surface area (Å²) in [6.45, 7) is -0.0953. The highest BCUT2D eigenvalue weighted by Crippen LogP contribution is 2.27. The second kappa shape index (κ2) is 11.7. The van der Waals surface area contributed by atoms with E-state index in [2.05, 4.69) is 10.6 Å². The molecule has 9 heteroatoms. The fourth-order valence-electron chi connectivity index (χ4n) is 4.22. The first-order valence-corrected chi connectivity index (χ1v) is 12.5. The number of ether oxygens (including phenoxy) is 1. The number of carbonyl (C=O) groups is 3. The lowest BCUT2D eigenvalue weighted by atomic mass is 10.1. The van der Waals surface area contributed by atoms with Gasteiger partial charge in [-0.2, -0.15) is 0 Å². The van der Waals surface area contributed by atoms with E-state index in [4.69, 9.17) is 9.15 Å². The molecule has 0 bridgehead atoms. The van der Waals surface area contributed by atoms with E-state index in [1.165, 1.54) is 22.5 Å². The molecule has 0 saturated heterocycles. The Kier molecular flexibility index (Phi) is 8.20. The molecular formula is C26H29N3O5S. The van der Waals surface area contributed by atoms with Crippen molar-refractivity contribution in [2.24, 2.45) is 0 Å². The number of amides is 3. The van der Waals surface area contributed by atoms with Crippen LogP contribution in [-0.2, 0) is 16.1 Å². The molecule has 4 rings (SSSR count). The predicted molar refractivity (Wildman–Crippen MR) is 132 cm³/mol. The zero-order valence-electron chi connectivity index (χ0n) is 19.6. The van der Waals surface area contributed by atoms with Crippen LogP contribution in [0.3, 0.4) is 0 Å². The van der Waals surface area contributed by atoms with E-state index in [9.17, 15) is 14.4 Å². The zero-order valence-corrected chi connectivity index (χ0v) is 20.4. The summed E-state index contributed by atoms with van der Waals surface area (Å²) in [6.07, 6.45) is 5.46. The van der Waals surface area contributed by atoms with Crippen LogP contribution in [0, 0.1) is 0 Å². The third-order valence-electron chi connectivity index (χ3n) is 6.05. The number of thiophene rings is 1. The van der Waals surface area contributed by atoms with Crippen molar-refractivity contribution in [3.05, 3.63) is 76.4 Å². The van der Waals surface area contributed by atoms with E-state index in [0.29, 0.717) is 16.4 Å². The van der Waals surface area contributed by atoms with Gasteiger partial charge in [0, 0.05) is 12.6 Å². The molecule has 35 heavy (non-hydrogen) atoms. The second-order valence-corrected chi connectivity index (χ2v) is 9.39. The van der Waals surface area contributed by atoms with E-state index < -0.39 is 11.9 Å². The van der Waals surface area contributed by atoms with Gasteiger partial charge in [-0.3, -0.25) is 14.4 Å². The first-order valence-electron chi connectivity index (χ1n) is 11.6. The number of nitrogens with zero attached hydrogens (tertiary/aromatic N) is 1. The first-order chi connectivity index (χ1) is 17.0. The van der Waals surface area contributed by atoms with E-state index in [1.54, 1.807) is 48.9 Å². The van der Waals surface area contributed by atoms with Gasteiger partial charge in [-0.1, -0.05) is 31.0 Å². The highest BCUT2D eigenvalue weighted by molar-refractivity contribution is 7.12. The third kappa shape index (κ3) is 6.30. The quantitative estimate of drug-likeness (QED) is 0.444. The molecule has 1 fully saturated rings. The topological polar surface area (TPSA) is 101 Å². The Hall–Kier alpha value is -3.59. The highest BCUT2D eigenvalue weighted by atomic mass is 32.1. The maximum Gasteiger partial charge on any atom is 0.261 e.